The van der Waals surface area contributed by atoms with Crippen molar-refractivity contribution in [2.75, 3.05) is 0 Å². The maximum absolute atomic E-state index is 12.6. The monoisotopic (exact) mass is 345 g/mol. The fraction of sp³-hybridized carbons (Fsp3) is 0.167. The summed E-state index contributed by atoms with van der Waals surface area (Å²) in [6, 6.07) is 7.73. The number of hydrogen-bond acceptors (Lipinski definition) is 5. The van der Waals surface area contributed by atoms with Crippen LogP contribution in [-0.4, -0.2) is 41.3 Å². The van der Waals surface area contributed by atoms with E-state index < -0.39 is 0 Å². The van der Waals surface area contributed by atoms with Gasteiger partial charge in [0.05, 0.1) is 29.2 Å². The van der Waals surface area contributed by atoms with Gasteiger partial charge >= 0.3 is 0 Å². The van der Waals surface area contributed by atoms with E-state index in [-0.39, 0.29) is 12.3 Å². The van der Waals surface area contributed by atoms with Crippen molar-refractivity contribution in [2.45, 2.75) is 20.0 Å². The standard InChI is InChI=1S/C18H15N7O/c1-2-24-15-4-3-11(7-12(15)8-20-24)17-16(26)10-25-18(22-17)13(9-21-25)14-5-6-19-23-14/h3-9H,2,10H2,1H3,(H,19,23). The molecular weight excluding hydrogens is 330 g/mol. The number of benzene rings is 1. The average Bonchev–Trinajstić information content (AvgIpc) is 3.39. The van der Waals surface area contributed by atoms with Crippen molar-refractivity contribution in [3.8, 4) is 11.3 Å². The highest BCUT2D eigenvalue weighted by Gasteiger charge is 2.25. The summed E-state index contributed by atoms with van der Waals surface area (Å²) in [5, 5.41) is 16.6. The third-order valence-corrected chi connectivity index (χ3v) is 4.58. The molecule has 8 heteroatoms. The number of Topliss-reactive ketones (excluding diaryl/α,β-unsaturated/α-hetero) is 1. The second kappa shape index (κ2) is 5.48. The number of aliphatic imine (C=N–C) groups is 1. The summed E-state index contributed by atoms with van der Waals surface area (Å²) >= 11 is 0. The molecular formula is C18H15N7O. The molecule has 8 nitrogen and oxygen atoms in total. The van der Waals surface area contributed by atoms with Crippen LogP contribution in [0.5, 0.6) is 0 Å². The highest BCUT2D eigenvalue weighted by atomic mass is 16.1. The average molecular weight is 345 g/mol. The molecule has 4 heterocycles. The smallest absolute Gasteiger partial charge is 0.203 e. The van der Waals surface area contributed by atoms with Crippen LogP contribution in [0, 0.1) is 0 Å². The Kier molecular flexibility index (Phi) is 3.11. The Morgan fingerprint density at radius 1 is 1.19 bits per heavy atom. The number of H-pyrrole nitrogens is 1. The first-order valence-electron chi connectivity index (χ1n) is 8.38. The number of aromatic nitrogens is 6. The number of hydrogen-bond donors (Lipinski definition) is 1. The Morgan fingerprint density at radius 3 is 2.92 bits per heavy atom. The second-order valence-corrected chi connectivity index (χ2v) is 6.12. The van der Waals surface area contributed by atoms with Gasteiger partial charge < -0.3 is 0 Å². The number of nitrogens with zero attached hydrogens (tertiary/aromatic N) is 6. The summed E-state index contributed by atoms with van der Waals surface area (Å²) < 4.78 is 3.54. The number of aryl methyl sites for hydroxylation is 1. The lowest BCUT2D eigenvalue weighted by molar-refractivity contribution is -0.113. The van der Waals surface area contributed by atoms with E-state index in [0.29, 0.717) is 11.5 Å². The largest absolute Gasteiger partial charge is 0.290 e. The molecule has 0 aliphatic carbocycles. The highest BCUT2D eigenvalue weighted by molar-refractivity contribution is 6.47. The van der Waals surface area contributed by atoms with Gasteiger partial charge in [-0.15, -0.1) is 0 Å². The van der Waals surface area contributed by atoms with Crippen LogP contribution in [0.1, 0.15) is 12.5 Å². The number of carbonyl (C=O) groups is 1. The van der Waals surface area contributed by atoms with Gasteiger partial charge in [-0.3, -0.25) is 14.6 Å². The van der Waals surface area contributed by atoms with E-state index in [2.05, 4.69) is 25.4 Å². The third-order valence-electron chi connectivity index (χ3n) is 4.58. The van der Waals surface area contributed by atoms with Gasteiger partial charge in [-0.25, -0.2) is 9.67 Å². The van der Waals surface area contributed by atoms with Gasteiger partial charge in [-0.05, 0) is 25.1 Å². The van der Waals surface area contributed by atoms with Crippen molar-refractivity contribution in [2.24, 2.45) is 4.99 Å². The number of aromatic amines is 1. The van der Waals surface area contributed by atoms with Crippen LogP contribution in [0.2, 0.25) is 0 Å². The molecule has 0 saturated heterocycles. The molecule has 0 bridgehead atoms. The quantitative estimate of drug-likeness (QED) is 0.617. The normalized spacial score (nSPS) is 13.9. The minimum Gasteiger partial charge on any atom is -0.290 e. The number of carbonyl (C=O) groups excluding carboxylic acids is 1. The van der Waals surface area contributed by atoms with Crippen LogP contribution >= 0.6 is 0 Å². The molecule has 0 spiro atoms. The van der Waals surface area contributed by atoms with Crippen molar-refractivity contribution >= 4 is 28.2 Å². The van der Waals surface area contributed by atoms with E-state index in [4.69, 9.17) is 0 Å². The topological polar surface area (TPSA) is 93.8 Å². The van der Waals surface area contributed by atoms with Gasteiger partial charge in [0.1, 0.15) is 12.3 Å². The first-order valence-corrected chi connectivity index (χ1v) is 8.38. The van der Waals surface area contributed by atoms with Gasteiger partial charge in [0.15, 0.2) is 5.82 Å². The van der Waals surface area contributed by atoms with E-state index in [1.165, 1.54) is 0 Å². The molecule has 5 rings (SSSR count). The van der Waals surface area contributed by atoms with Crippen molar-refractivity contribution < 1.29 is 4.79 Å². The molecule has 26 heavy (non-hydrogen) atoms. The van der Waals surface area contributed by atoms with Crippen molar-refractivity contribution in [3.63, 3.8) is 0 Å². The SMILES string of the molecule is CCn1ncc2cc(C3=Nc4c(-c5cc[nH]n5)cnn4CC3=O)ccc21. The summed E-state index contributed by atoms with van der Waals surface area (Å²) in [5.74, 6) is 0.590. The molecule has 1 aliphatic heterocycles. The lowest BCUT2D eigenvalue weighted by Gasteiger charge is -2.14. The molecule has 0 radical (unpaired) electrons. The summed E-state index contributed by atoms with van der Waals surface area (Å²) in [6.07, 6.45) is 5.26. The number of rotatable bonds is 3. The van der Waals surface area contributed by atoms with E-state index in [0.717, 1.165) is 34.3 Å². The van der Waals surface area contributed by atoms with E-state index >= 15 is 0 Å². The Balaban J connectivity index is 1.64. The van der Waals surface area contributed by atoms with Gasteiger partial charge in [0, 0.05) is 23.7 Å². The third kappa shape index (κ3) is 2.12. The van der Waals surface area contributed by atoms with Crippen LogP contribution in [0.4, 0.5) is 5.82 Å². The van der Waals surface area contributed by atoms with Crippen LogP contribution in [0.3, 0.4) is 0 Å². The molecule has 0 saturated carbocycles. The van der Waals surface area contributed by atoms with Crippen molar-refractivity contribution in [1.82, 2.24) is 29.8 Å². The molecule has 1 aliphatic rings. The minimum absolute atomic E-state index is 0.0589. The molecule has 1 aromatic carbocycles. The Labute approximate surface area is 148 Å². The number of fused-ring (bicyclic) bond motifs is 2. The van der Waals surface area contributed by atoms with Gasteiger partial charge in [-0.1, -0.05) is 6.07 Å². The molecule has 128 valence electrons. The van der Waals surface area contributed by atoms with Gasteiger partial charge in [-0.2, -0.15) is 15.3 Å². The van der Waals surface area contributed by atoms with Crippen LogP contribution < -0.4 is 0 Å². The lowest BCUT2D eigenvalue weighted by Crippen LogP contribution is -2.25. The number of ketones is 1. The van der Waals surface area contributed by atoms with Gasteiger partial charge in [0.2, 0.25) is 5.78 Å². The maximum Gasteiger partial charge on any atom is 0.203 e. The zero-order valence-electron chi connectivity index (χ0n) is 14.0. The molecule has 0 atom stereocenters. The molecule has 0 fully saturated rings. The second-order valence-electron chi connectivity index (χ2n) is 6.12. The molecule has 0 unspecified atom stereocenters. The first-order chi connectivity index (χ1) is 12.7. The first kappa shape index (κ1) is 14.8. The van der Waals surface area contributed by atoms with E-state index in [1.807, 2.05) is 42.1 Å². The van der Waals surface area contributed by atoms with Crippen molar-refractivity contribution in [1.29, 1.82) is 0 Å². The predicted molar refractivity (Wildman–Crippen MR) is 96.4 cm³/mol. The Bertz CT molecular complexity index is 1160. The highest BCUT2D eigenvalue weighted by Crippen LogP contribution is 2.32. The Hall–Kier alpha value is -3.55. The Morgan fingerprint density at radius 2 is 2.12 bits per heavy atom. The van der Waals surface area contributed by atoms with E-state index in [1.54, 1.807) is 17.1 Å². The van der Waals surface area contributed by atoms with Crippen LogP contribution in [0.15, 0.2) is 47.8 Å². The van der Waals surface area contributed by atoms with Crippen molar-refractivity contribution in [3.05, 3.63) is 48.4 Å². The summed E-state index contributed by atoms with van der Waals surface area (Å²) in [6.45, 7) is 3.02. The predicted octanol–water partition coefficient (Wildman–Crippen LogP) is 2.35. The number of nitrogens with one attached hydrogen (secondary N) is 1. The fourth-order valence-corrected chi connectivity index (χ4v) is 3.29. The molecule has 1 N–H and O–H groups in total. The van der Waals surface area contributed by atoms with E-state index in [9.17, 15) is 4.79 Å². The summed E-state index contributed by atoms with van der Waals surface area (Å²) in [5.41, 5.74) is 3.83. The maximum atomic E-state index is 12.6. The zero-order valence-corrected chi connectivity index (χ0v) is 14.0. The van der Waals surface area contributed by atoms with Crippen LogP contribution in [0.25, 0.3) is 22.2 Å². The molecule has 0 amide bonds. The molecule has 4 aromatic rings. The lowest BCUT2D eigenvalue weighted by atomic mass is 10.0. The fourth-order valence-electron chi connectivity index (χ4n) is 3.29. The summed E-state index contributed by atoms with van der Waals surface area (Å²) in [7, 11) is 0. The minimum atomic E-state index is -0.0589. The summed E-state index contributed by atoms with van der Waals surface area (Å²) in [4.78, 5) is 17.2. The van der Waals surface area contributed by atoms with Gasteiger partial charge in [0.25, 0.3) is 0 Å². The molecule has 3 aromatic heterocycles. The zero-order chi connectivity index (χ0) is 17.7. The van der Waals surface area contributed by atoms with Crippen LogP contribution in [-0.2, 0) is 17.9 Å².